The van der Waals surface area contributed by atoms with Crippen molar-refractivity contribution in [2.24, 2.45) is 0 Å². The summed E-state index contributed by atoms with van der Waals surface area (Å²) >= 11 is 0. The summed E-state index contributed by atoms with van der Waals surface area (Å²) in [6.45, 7) is 1.61. The smallest absolute Gasteiger partial charge is 0.338 e. The number of carbonyl (C=O) groups excluding carboxylic acids is 1. The second-order valence-electron chi connectivity index (χ2n) is 5.96. The molecule has 0 fully saturated rings. The fourth-order valence-corrected chi connectivity index (χ4v) is 3.65. The van der Waals surface area contributed by atoms with Gasteiger partial charge in [-0.15, -0.1) is 0 Å². The Hall–Kier alpha value is -2.82. The Labute approximate surface area is 162 Å². The lowest BCUT2D eigenvalue weighted by atomic mass is 10.2. The van der Waals surface area contributed by atoms with E-state index < -0.39 is 27.0 Å². The van der Waals surface area contributed by atoms with Crippen molar-refractivity contribution in [3.8, 4) is 0 Å². The Morgan fingerprint density at radius 3 is 2.43 bits per heavy atom. The first-order valence-electron chi connectivity index (χ1n) is 8.25. The summed E-state index contributed by atoms with van der Waals surface area (Å²) in [5.41, 5.74) is 0.242. The van der Waals surface area contributed by atoms with Crippen molar-refractivity contribution < 1.29 is 27.6 Å². The normalized spacial score (nSPS) is 12.4. The molecule has 2 aromatic rings. The number of benzene rings is 2. The topological polar surface area (TPSA) is 125 Å². The number of hydrogen-bond acceptors (Lipinski definition) is 7. The van der Waals surface area contributed by atoms with E-state index in [1.807, 2.05) is 0 Å². The molecule has 0 spiro atoms. The lowest BCUT2D eigenvalue weighted by Crippen LogP contribution is -2.35. The molecule has 10 heteroatoms. The van der Waals surface area contributed by atoms with Crippen LogP contribution >= 0.6 is 0 Å². The number of nitro benzene ring substituents is 1. The molecule has 0 aliphatic carbocycles. The molecule has 0 heterocycles. The number of nitrogens with zero attached hydrogens (tertiary/aromatic N) is 1. The van der Waals surface area contributed by atoms with Crippen LogP contribution in [-0.4, -0.2) is 39.1 Å². The molecule has 9 nitrogen and oxygen atoms in total. The van der Waals surface area contributed by atoms with Gasteiger partial charge in [0, 0.05) is 19.2 Å². The number of rotatable bonds is 9. The number of nitrogens with one attached hydrogen (secondary N) is 1. The highest BCUT2D eigenvalue weighted by Gasteiger charge is 2.19. The van der Waals surface area contributed by atoms with Crippen LogP contribution in [-0.2, 0) is 26.1 Å². The number of nitro groups is 1. The van der Waals surface area contributed by atoms with Crippen molar-refractivity contribution in [1.82, 2.24) is 4.72 Å². The molecular weight excluding hydrogens is 388 g/mol. The molecule has 1 atom stereocenters. The Balaban J connectivity index is 2.05. The van der Waals surface area contributed by atoms with Gasteiger partial charge in [0.25, 0.3) is 5.69 Å². The molecule has 0 amide bonds. The minimum absolute atomic E-state index is 0.00861. The van der Waals surface area contributed by atoms with E-state index in [0.717, 1.165) is 0 Å². The number of methoxy groups -OCH3 is 1. The van der Waals surface area contributed by atoms with Crippen LogP contribution in [0.4, 0.5) is 5.69 Å². The summed E-state index contributed by atoms with van der Waals surface area (Å²) in [6, 6.07) is 10.7. The highest BCUT2D eigenvalue weighted by Crippen LogP contribution is 2.19. The maximum atomic E-state index is 12.3. The molecule has 0 aliphatic rings. The first-order chi connectivity index (χ1) is 13.2. The zero-order valence-corrected chi connectivity index (χ0v) is 16.1. The minimum atomic E-state index is -3.75. The van der Waals surface area contributed by atoms with Gasteiger partial charge in [0.05, 0.1) is 27.6 Å². The summed E-state index contributed by atoms with van der Waals surface area (Å²) in [4.78, 5) is 22.6. The summed E-state index contributed by atoms with van der Waals surface area (Å²) in [5.74, 6) is -0.720. The summed E-state index contributed by atoms with van der Waals surface area (Å²) in [5, 5.41) is 11.0. The van der Waals surface area contributed by atoms with Gasteiger partial charge in [-0.1, -0.05) is 12.1 Å². The van der Waals surface area contributed by atoms with E-state index in [1.54, 1.807) is 13.0 Å². The van der Waals surface area contributed by atoms with Crippen molar-refractivity contribution >= 4 is 21.7 Å². The van der Waals surface area contributed by atoms with Crippen LogP contribution in [0.15, 0.2) is 53.4 Å². The molecule has 0 radical (unpaired) electrons. The third-order valence-electron chi connectivity index (χ3n) is 3.72. The summed E-state index contributed by atoms with van der Waals surface area (Å²) in [6.07, 6.45) is 0. The lowest BCUT2D eigenvalue weighted by molar-refractivity contribution is -0.385. The van der Waals surface area contributed by atoms with Crippen molar-refractivity contribution in [1.29, 1.82) is 0 Å². The third kappa shape index (κ3) is 5.59. The van der Waals surface area contributed by atoms with E-state index in [-0.39, 0.29) is 34.9 Å². The van der Waals surface area contributed by atoms with E-state index in [1.165, 1.54) is 49.6 Å². The van der Waals surface area contributed by atoms with Gasteiger partial charge in [-0.2, -0.15) is 0 Å². The van der Waals surface area contributed by atoms with E-state index in [0.29, 0.717) is 0 Å². The van der Waals surface area contributed by atoms with E-state index >= 15 is 0 Å². The quantitative estimate of drug-likeness (QED) is 0.383. The molecule has 0 aliphatic heterocycles. The second kappa shape index (κ2) is 9.40. The van der Waals surface area contributed by atoms with Crippen molar-refractivity contribution in [3.05, 3.63) is 69.8 Å². The molecule has 1 N–H and O–H groups in total. The fraction of sp³-hybridized carbons (Fsp3) is 0.278. The van der Waals surface area contributed by atoms with Crippen LogP contribution in [0.2, 0.25) is 0 Å². The first-order valence-corrected chi connectivity index (χ1v) is 9.73. The first kappa shape index (κ1) is 21.5. The van der Waals surface area contributed by atoms with E-state index in [2.05, 4.69) is 4.72 Å². The largest absolute Gasteiger partial charge is 0.457 e. The highest BCUT2D eigenvalue weighted by molar-refractivity contribution is 7.89. The number of ether oxygens (including phenoxy) is 2. The zero-order chi connectivity index (χ0) is 20.7. The van der Waals surface area contributed by atoms with Gasteiger partial charge in [0.2, 0.25) is 10.0 Å². The van der Waals surface area contributed by atoms with Gasteiger partial charge < -0.3 is 9.47 Å². The summed E-state index contributed by atoms with van der Waals surface area (Å²) < 4.78 is 37.0. The van der Waals surface area contributed by atoms with Gasteiger partial charge in [0.1, 0.15) is 6.61 Å². The number of carbonyl (C=O) groups is 1. The maximum absolute atomic E-state index is 12.3. The maximum Gasteiger partial charge on any atom is 0.338 e. The number of para-hydroxylation sites is 1. The average Bonchev–Trinajstić information content (AvgIpc) is 2.66. The minimum Gasteiger partial charge on any atom is -0.457 e. The van der Waals surface area contributed by atoms with Crippen LogP contribution in [0, 0.1) is 10.1 Å². The lowest BCUT2D eigenvalue weighted by Gasteiger charge is -2.13. The molecule has 2 rings (SSSR count). The number of hydrogen-bond donors (Lipinski definition) is 1. The van der Waals surface area contributed by atoms with Gasteiger partial charge in [-0.25, -0.2) is 17.9 Å². The molecule has 0 aromatic heterocycles. The molecule has 0 saturated heterocycles. The van der Waals surface area contributed by atoms with Crippen LogP contribution in [0.3, 0.4) is 0 Å². The number of sulfonamides is 1. The van der Waals surface area contributed by atoms with Crippen LogP contribution in [0.25, 0.3) is 0 Å². The molecule has 150 valence electrons. The predicted octanol–water partition coefficient (Wildman–Crippen LogP) is 2.26. The average molecular weight is 408 g/mol. The molecule has 0 unspecified atom stereocenters. The Kier molecular flexibility index (Phi) is 7.21. The SMILES string of the molecule is COC[C@@H](C)NS(=O)(=O)c1ccc(C(=O)OCc2ccccc2[N+](=O)[O-])cc1. The molecule has 0 saturated carbocycles. The predicted molar refractivity (Wildman–Crippen MR) is 100 cm³/mol. The molecule has 28 heavy (non-hydrogen) atoms. The zero-order valence-electron chi connectivity index (χ0n) is 15.3. The van der Waals surface area contributed by atoms with Crippen LogP contribution < -0.4 is 4.72 Å². The van der Waals surface area contributed by atoms with Gasteiger partial charge >= 0.3 is 5.97 Å². The Morgan fingerprint density at radius 1 is 1.18 bits per heavy atom. The van der Waals surface area contributed by atoms with Gasteiger partial charge in [-0.05, 0) is 37.3 Å². The van der Waals surface area contributed by atoms with Gasteiger partial charge in [0.15, 0.2) is 0 Å². The van der Waals surface area contributed by atoms with E-state index in [9.17, 15) is 23.3 Å². The van der Waals surface area contributed by atoms with Crippen molar-refractivity contribution in [2.45, 2.75) is 24.5 Å². The Bertz CT molecular complexity index is 943. The fourth-order valence-electron chi connectivity index (χ4n) is 2.42. The van der Waals surface area contributed by atoms with E-state index in [4.69, 9.17) is 9.47 Å². The van der Waals surface area contributed by atoms with Crippen LogP contribution in [0.1, 0.15) is 22.8 Å². The molecule has 2 aromatic carbocycles. The Morgan fingerprint density at radius 2 is 1.82 bits per heavy atom. The summed E-state index contributed by atoms with van der Waals surface area (Å²) in [7, 11) is -2.28. The molecular formula is C18H20N2O7S. The van der Waals surface area contributed by atoms with Gasteiger partial charge in [-0.3, -0.25) is 10.1 Å². The van der Waals surface area contributed by atoms with Crippen LogP contribution in [0.5, 0.6) is 0 Å². The molecule has 0 bridgehead atoms. The monoisotopic (exact) mass is 408 g/mol. The second-order valence-corrected chi connectivity index (χ2v) is 7.68. The third-order valence-corrected chi connectivity index (χ3v) is 5.33. The van der Waals surface area contributed by atoms with Crippen molar-refractivity contribution in [3.63, 3.8) is 0 Å². The van der Waals surface area contributed by atoms with Crippen molar-refractivity contribution in [2.75, 3.05) is 13.7 Å². The number of esters is 1. The standard InChI is InChI=1S/C18H20N2O7S/c1-13(11-26-2)19-28(24,25)16-9-7-14(8-10-16)18(21)27-12-15-5-3-4-6-17(15)20(22)23/h3-10,13,19H,11-12H2,1-2H3/t13-/m1/s1. The highest BCUT2D eigenvalue weighted by atomic mass is 32.2.